The molecule has 1 heterocycles. The molecular weight excluding hydrogens is 242 g/mol. The van der Waals surface area contributed by atoms with Crippen LogP contribution in [0, 0.1) is 11.8 Å². The van der Waals surface area contributed by atoms with Crippen LogP contribution in [0.25, 0.3) is 0 Å². The van der Waals surface area contributed by atoms with Gasteiger partial charge in [-0.3, -0.25) is 0 Å². The molecule has 0 aromatic carbocycles. The van der Waals surface area contributed by atoms with Crippen LogP contribution in [0.15, 0.2) is 6.07 Å². The maximum Gasteiger partial charge on any atom is 0.229 e. The summed E-state index contributed by atoms with van der Waals surface area (Å²) in [5.74, 6) is 3.22. The summed E-state index contributed by atoms with van der Waals surface area (Å²) in [5.41, 5.74) is 0. The quantitative estimate of drug-likeness (QED) is 0.887. The van der Waals surface area contributed by atoms with Crippen LogP contribution < -0.4 is 14.8 Å². The Bertz CT molecular complexity index is 381. The normalized spacial score (nSPS) is 22.9. The topological polar surface area (TPSA) is 56.3 Å². The van der Waals surface area contributed by atoms with Gasteiger partial charge in [-0.25, -0.2) is 0 Å². The highest BCUT2D eigenvalue weighted by molar-refractivity contribution is 5.33. The molecule has 106 valence electrons. The van der Waals surface area contributed by atoms with E-state index in [0.29, 0.717) is 17.7 Å². The van der Waals surface area contributed by atoms with Crippen molar-refractivity contribution in [2.75, 3.05) is 26.1 Å². The van der Waals surface area contributed by atoms with Crippen LogP contribution >= 0.6 is 0 Å². The predicted molar refractivity (Wildman–Crippen MR) is 74.7 cm³/mol. The summed E-state index contributed by atoms with van der Waals surface area (Å²) in [5, 5.41) is 3.30. The Morgan fingerprint density at radius 3 is 2.21 bits per heavy atom. The van der Waals surface area contributed by atoms with E-state index in [1.807, 2.05) is 0 Å². The van der Waals surface area contributed by atoms with Crippen molar-refractivity contribution in [1.82, 2.24) is 9.97 Å². The molecule has 0 atom stereocenters. The van der Waals surface area contributed by atoms with Gasteiger partial charge < -0.3 is 14.8 Å². The molecule has 0 saturated heterocycles. The number of hydrogen-bond acceptors (Lipinski definition) is 5. The zero-order valence-electron chi connectivity index (χ0n) is 12.0. The molecule has 0 unspecified atom stereocenters. The first-order chi connectivity index (χ1) is 9.21. The number of ether oxygens (including phenoxy) is 2. The van der Waals surface area contributed by atoms with Crippen molar-refractivity contribution in [1.29, 1.82) is 0 Å². The second-order valence-electron chi connectivity index (χ2n) is 5.28. The highest BCUT2D eigenvalue weighted by atomic mass is 16.5. The fourth-order valence-corrected chi connectivity index (χ4v) is 2.46. The van der Waals surface area contributed by atoms with Gasteiger partial charge in [0.2, 0.25) is 17.7 Å². The van der Waals surface area contributed by atoms with Crippen molar-refractivity contribution in [2.45, 2.75) is 32.6 Å². The van der Waals surface area contributed by atoms with Gasteiger partial charge in [-0.15, -0.1) is 0 Å². The fourth-order valence-electron chi connectivity index (χ4n) is 2.46. The monoisotopic (exact) mass is 265 g/mol. The third-order valence-electron chi connectivity index (χ3n) is 3.78. The van der Waals surface area contributed by atoms with Crippen molar-refractivity contribution >= 4 is 5.95 Å². The van der Waals surface area contributed by atoms with Gasteiger partial charge in [-0.05, 0) is 24.7 Å². The minimum atomic E-state index is 0.520. The molecule has 0 spiro atoms. The first kappa shape index (κ1) is 13.9. The second-order valence-corrected chi connectivity index (χ2v) is 5.28. The van der Waals surface area contributed by atoms with E-state index >= 15 is 0 Å². The third-order valence-corrected chi connectivity index (χ3v) is 3.78. The number of anilines is 1. The maximum absolute atomic E-state index is 5.13. The average Bonchev–Trinajstić information content (AvgIpc) is 2.46. The number of rotatable bonds is 5. The predicted octanol–water partition coefficient (Wildman–Crippen LogP) is 2.73. The molecule has 2 rings (SSSR count). The van der Waals surface area contributed by atoms with Crippen LogP contribution in [0.4, 0.5) is 5.95 Å². The number of aromatic nitrogens is 2. The van der Waals surface area contributed by atoms with Crippen molar-refractivity contribution in [3.05, 3.63) is 6.07 Å². The molecule has 5 heteroatoms. The van der Waals surface area contributed by atoms with Crippen LogP contribution in [0.3, 0.4) is 0 Å². The Kier molecular flexibility index (Phi) is 4.82. The van der Waals surface area contributed by atoms with E-state index in [0.717, 1.165) is 18.4 Å². The summed E-state index contributed by atoms with van der Waals surface area (Å²) in [7, 11) is 3.18. The lowest BCUT2D eigenvalue weighted by Crippen LogP contribution is -2.21. The lowest BCUT2D eigenvalue weighted by Gasteiger charge is -2.26. The zero-order valence-corrected chi connectivity index (χ0v) is 12.0. The Balaban J connectivity index is 1.91. The van der Waals surface area contributed by atoms with E-state index in [1.54, 1.807) is 20.3 Å². The summed E-state index contributed by atoms with van der Waals surface area (Å²) < 4.78 is 10.3. The molecule has 0 radical (unpaired) electrons. The summed E-state index contributed by atoms with van der Waals surface area (Å²) >= 11 is 0. The SMILES string of the molecule is COc1cc(OC)nc(NCC2CCC(C)CC2)n1. The lowest BCUT2D eigenvalue weighted by molar-refractivity contribution is 0.300. The lowest BCUT2D eigenvalue weighted by atomic mass is 9.83. The average molecular weight is 265 g/mol. The molecule has 1 aromatic rings. The largest absolute Gasteiger partial charge is 0.481 e. The molecule has 1 aliphatic rings. The van der Waals surface area contributed by atoms with Gasteiger partial charge in [-0.1, -0.05) is 19.8 Å². The minimum absolute atomic E-state index is 0.520. The summed E-state index contributed by atoms with van der Waals surface area (Å²) in [6, 6.07) is 1.67. The number of nitrogens with zero attached hydrogens (tertiary/aromatic N) is 2. The standard InChI is InChI=1S/C14H23N3O2/c1-10-4-6-11(7-5-10)9-15-14-16-12(18-2)8-13(17-14)19-3/h8,10-11H,4-7,9H2,1-3H3,(H,15,16,17). The van der Waals surface area contributed by atoms with E-state index in [1.165, 1.54) is 25.7 Å². The molecule has 1 saturated carbocycles. The van der Waals surface area contributed by atoms with Gasteiger partial charge >= 0.3 is 0 Å². The Morgan fingerprint density at radius 1 is 1.11 bits per heavy atom. The van der Waals surface area contributed by atoms with Crippen molar-refractivity contribution in [3.8, 4) is 11.8 Å². The number of hydrogen-bond donors (Lipinski definition) is 1. The minimum Gasteiger partial charge on any atom is -0.481 e. The molecule has 5 nitrogen and oxygen atoms in total. The second kappa shape index (κ2) is 6.59. The number of methoxy groups -OCH3 is 2. The van der Waals surface area contributed by atoms with Crippen LogP contribution in [-0.4, -0.2) is 30.7 Å². The molecule has 0 amide bonds. The number of nitrogens with one attached hydrogen (secondary N) is 1. The molecular formula is C14H23N3O2. The summed E-state index contributed by atoms with van der Waals surface area (Å²) in [6.45, 7) is 3.25. The Labute approximate surface area is 114 Å². The fraction of sp³-hybridized carbons (Fsp3) is 0.714. The Morgan fingerprint density at radius 2 is 1.68 bits per heavy atom. The molecule has 1 aliphatic carbocycles. The van der Waals surface area contributed by atoms with E-state index in [2.05, 4.69) is 22.2 Å². The third kappa shape index (κ3) is 3.98. The van der Waals surface area contributed by atoms with E-state index < -0.39 is 0 Å². The van der Waals surface area contributed by atoms with Crippen molar-refractivity contribution in [3.63, 3.8) is 0 Å². The maximum atomic E-state index is 5.13. The van der Waals surface area contributed by atoms with E-state index in [9.17, 15) is 0 Å². The first-order valence-corrected chi connectivity index (χ1v) is 6.92. The van der Waals surface area contributed by atoms with Crippen LogP contribution in [0.5, 0.6) is 11.8 Å². The van der Waals surface area contributed by atoms with Crippen LogP contribution in [0.2, 0.25) is 0 Å². The molecule has 19 heavy (non-hydrogen) atoms. The van der Waals surface area contributed by atoms with Crippen molar-refractivity contribution in [2.24, 2.45) is 11.8 Å². The molecule has 1 fully saturated rings. The zero-order chi connectivity index (χ0) is 13.7. The molecule has 0 aliphatic heterocycles. The van der Waals surface area contributed by atoms with Crippen LogP contribution in [-0.2, 0) is 0 Å². The van der Waals surface area contributed by atoms with Gasteiger partial charge in [-0.2, -0.15) is 9.97 Å². The van der Waals surface area contributed by atoms with E-state index in [4.69, 9.17) is 9.47 Å². The van der Waals surface area contributed by atoms with E-state index in [-0.39, 0.29) is 0 Å². The first-order valence-electron chi connectivity index (χ1n) is 6.92. The van der Waals surface area contributed by atoms with Gasteiger partial charge in [0, 0.05) is 6.54 Å². The Hall–Kier alpha value is -1.52. The highest BCUT2D eigenvalue weighted by Gasteiger charge is 2.18. The summed E-state index contributed by atoms with van der Waals surface area (Å²) in [6.07, 6.45) is 5.23. The molecule has 1 aromatic heterocycles. The summed E-state index contributed by atoms with van der Waals surface area (Å²) in [4.78, 5) is 8.55. The van der Waals surface area contributed by atoms with Gasteiger partial charge in [0.15, 0.2) is 0 Å². The van der Waals surface area contributed by atoms with Crippen molar-refractivity contribution < 1.29 is 9.47 Å². The van der Waals surface area contributed by atoms with Gasteiger partial charge in [0.05, 0.1) is 20.3 Å². The van der Waals surface area contributed by atoms with Crippen LogP contribution in [0.1, 0.15) is 32.6 Å². The highest BCUT2D eigenvalue weighted by Crippen LogP contribution is 2.28. The van der Waals surface area contributed by atoms with Gasteiger partial charge in [0.25, 0.3) is 0 Å². The smallest absolute Gasteiger partial charge is 0.229 e. The molecule has 1 N–H and O–H groups in total. The van der Waals surface area contributed by atoms with Gasteiger partial charge in [0.1, 0.15) is 0 Å². The molecule has 0 bridgehead atoms.